The molecule has 0 unspecified atom stereocenters. The Morgan fingerprint density at radius 2 is 1.77 bits per heavy atom. The summed E-state index contributed by atoms with van der Waals surface area (Å²) >= 11 is 0. The van der Waals surface area contributed by atoms with Crippen LogP contribution >= 0.6 is 0 Å². The maximum Gasteiger partial charge on any atom is 0.183 e. The molecule has 0 saturated carbocycles. The number of rotatable bonds is 11. The zero-order valence-electron chi connectivity index (χ0n) is 22.1. The molecule has 0 bridgehead atoms. The fraction of sp³-hybridized carbons (Fsp3) is 0.214. The third-order valence-electron chi connectivity index (χ3n) is 6.10. The number of pyridine rings is 1. The van der Waals surface area contributed by atoms with Gasteiger partial charge in [-0.25, -0.2) is 23.7 Å². The second kappa shape index (κ2) is 11.9. The third kappa shape index (κ3) is 5.61. The Labute approximate surface area is 229 Å². The van der Waals surface area contributed by atoms with Gasteiger partial charge < -0.3 is 24.8 Å². The van der Waals surface area contributed by atoms with Crippen LogP contribution < -0.4 is 20.1 Å². The minimum Gasteiger partial charge on any atom is -0.491 e. The molecule has 0 aliphatic rings. The van der Waals surface area contributed by atoms with E-state index in [0.29, 0.717) is 41.0 Å². The predicted octanol–water partition coefficient (Wildman–Crippen LogP) is 5.03. The highest BCUT2D eigenvalue weighted by Gasteiger charge is 2.20. The van der Waals surface area contributed by atoms with Gasteiger partial charge in [-0.15, -0.1) is 0 Å². The SMILES string of the molecule is CNc1cc(Nc2nc(-c3nn(Cc4c(F)cc(OCCOC)cc4F)c4ccccc34)ncc2OC)ccn1. The van der Waals surface area contributed by atoms with E-state index in [2.05, 4.69) is 30.7 Å². The van der Waals surface area contributed by atoms with Crippen LogP contribution in [0.15, 0.2) is 60.9 Å². The van der Waals surface area contributed by atoms with Crippen LogP contribution in [0.5, 0.6) is 11.5 Å². The number of aromatic nitrogens is 5. The molecule has 3 heterocycles. The number of hydrogen-bond acceptors (Lipinski definition) is 9. The van der Waals surface area contributed by atoms with Crippen molar-refractivity contribution in [3.63, 3.8) is 0 Å². The number of nitrogens with one attached hydrogen (secondary N) is 2. The molecular weight excluding hydrogens is 520 g/mol. The van der Waals surface area contributed by atoms with Crippen LogP contribution in [0.2, 0.25) is 0 Å². The molecule has 2 aromatic carbocycles. The van der Waals surface area contributed by atoms with Gasteiger partial charge in [-0.3, -0.25) is 4.68 Å². The first-order valence-corrected chi connectivity index (χ1v) is 12.4. The summed E-state index contributed by atoms with van der Waals surface area (Å²) in [7, 11) is 4.82. The molecule has 0 fully saturated rings. The zero-order chi connectivity index (χ0) is 28.1. The van der Waals surface area contributed by atoms with E-state index in [0.717, 1.165) is 23.2 Å². The van der Waals surface area contributed by atoms with Crippen LogP contribution in [0.3, 0.4) is 0 Å². The number of methoxy groups -OCH3 is 2. The van der Waals surface area contributed by atoms with Crippen molar-refractivity contribution < 1.29 is 23.0 Å². The van der Waals surface area contributed by atoms with Gasteiger partial charge >= 0.3 is 0 Å². The van der Waals surface area contributed by atoms with Crippen LogP contribution in [0.4, 0.5) is 26.1 Å². The molecule has 0 saturated heterocycles. The first-order chi connectivity index (χ1) is 19.5. The van der Waals surface area contributed by atoms with E-state index in [1.165, 1.54) is 18.9 Å². The number of para-hydroxylation sites is 1. The van der Waals surface area contributed by atoms with Crippen molar-refractivity contribution >= 4 is 28.2 Å². The summed E-state index contributed by atoms with van der Waals surface area (Å²) in [4.78, 5) is 13.4. The number of hydrogen-bond donors (Lipinski definition) is 2. The lowest BCUT2D eigenvalue weighted by molar-refractivity contribution is 0.146. The van der Waals surface area contributed by atoms with Crippen LogP contribution in [0.25, 0.3) is 22.4 Å². The summed E-state index contributed by atoms with van der Waals surface area (Å²) in [6.45, 7) is 0.331. The Balaban J connectivity index is 1.50. The van der Waals surface area contributed by atoms with Crippen LogP contribution in [0, 0.1) is 11.6 Å². The van der Waals surface area contributed by atoms with Crippen molar-refractivity contribution in [1.82, 2.24) is 24.7 Å². The molecule has 2 N–H and O–H groups in total. The van der Waals surface area contributed by atoms with Gasteiger partial charge in [-0.2, -0.15) is 5.10 Å². The molecule has 5 rings (SSSR count). The van der Waals surface area contributed by atoms with E-state index < -0.39 is 11.6 Å². The largest absolute Gasteiger partial charge is 0.491 e. The van der Waals surface area contributed by atoms with E-state index in [9.17, 15) is 8.78 Å². The van der Waals surface area contributed by atoms with E-state index in [4.69, 9.17) is 14.2 Å². The minimum absolute atomic E-state index is 0.0875. The molecule has 0 aliphatic heterocycles. The first kappa shape index (κ1) is 26.8. The lowest BCUT2D eigenvalue weighted by Crippen LogP contribution is -2.09. The van der Waals surface area contributed by atoms with Gasteiger partial charge in [0.1, 0.15) is 35.5 Å². The summed E-state index contributed by atoms with van der Waals surface area (Å²) in [5.74, 6) is 0.441. The number of ether oxygens (including phenoxy) is 3. The second-order valence-corrected chi connectivity index (χ2v) is 8.65. The molecule has 5 aromatic rings. The maximum absolute atomic E-state index is 15.0. The Kier molecular flexibility index (Phi) is 7.97. The number of benzene rings is 2. The topological polar surface area (TPSA) is 108 Å². The molecule has 3 aromatic heterocycles. The minimum atomic E-state index is -0.737. The van der Waals surface area contributed by atoms with Gasteiger partial charge in [0.25, 0.3) is 0 Å². The Morgan fingerprint density at radius 3 is 2.52 bits per heavy atom. The third-order valence-corrected chi connectivity index (χ3v) is 6.10. The molecule has 40 heavy (non-hydrogen) atoms. The average molecular weight is 548 g/mol. The van der Waals surface area contributed by atoms with Gasteiger partial charge in [0, 0.05) is 55.2 Å². The van der Waals surface area contributed by atoms with Crippen molar-refractivity contribution in [1.29, 1.82) is 0 Å². The standard InChI is InChI=1S/C28H27F2N7O3/c1-31-25-12-17(8-9-32-25)34-27-24(39-3)15-33-28(35-27)26-19-6-4-5-7-23(19)37(36-26)16-20-21(29)13-18(14-22(20)30)40-11-10-38-2/h4-9,12-15H,10-11,16H2,1-3H3,(H2,31,32,33,34,35). The van der Waals surface area contributed by atoms with Gasteiger partial charge in [-0.05, 0) is 12.1 Å². The van der Waals surface area contributed by atoms with E-state index in [1.54, 1.807) is 25.5 Å². The smallest absolute Gasteiger partial charge is 0.183 e. The van der Waals surface area contributed by atoms with Gasteiger partial charge in [-0.1, -0.05) is 18.2 Å². The number of anilines is 3. The van der Waals surface area contributed by atoms with Crippen molar-refractivity contribution in [2.75, 3.05) is 45.1 Å². The highest BCUT2D eigenvalue weighted by atomic mass is 19.1. The molecule has 10 nitrogen and oxygen atoms in total. The zero-order valence-corrected chi connectivity index (χ0v) is 22.1. The fourth-order valence-corrected chi connectivity index (χ4v) is 4.13. The molecule has 0 amide bonds. The normalized spacial score (nSPS) is 11.0. The molecule has 0 aliphatic carbocycles. The second-order valence-electron chi connectivity index (χ2n) is 8.65. The monoisotopic (exact) mass is 547 g/mol. The van der Waals surface area contributed by atoms with Crippen LogP contribution in [-0.4, -0.2) is 59.2 Å². The maximum atomic E-state index is 15.0. The average Bonchev–Trinajstić information content (AvgIpc) is 3.33. The van der Waals surface area contributed by atoms with E-state index >= 15 is 0 Å². The Morgan fingerprint density at radius 1 is 0.975 bits per heavy atom. The van der Waals surface area contributed by atoms with Gasteiger partial charge in [0.05, 0.1) is 32.0 Å². The number of halogens is 2. The summed E-state index contributed by atoms with van der Waals surface area (Å²) in [6.07, 6.45) is 3.20. The first-order valence-electron chi connectivity index (χ1n) is 12.4. The lowest BCUT2D eigenvalue weighted by Gasteiger charge is -2.11. The van der Waals surface area contributed by atoms with Gasteiger partial charge in [0.15, 0.2) is 17.4 Å². The van der Waals surface area contributed by atoms with Crippen LogP contribution in [0.1, 0.15) is 5.56 Å². The molecule has 0 radical (unpaired) electrons. The fourth-order valence-electron chi connectivity index (χ4n) is 4.13. The molecule has 0 atom stereocenters. The van der Waals surface area contributed by atoms with Crippen molar-refractivity contribution in [2.24, 2.45) is 0 Å². The Bertz CT molecular complexity index is 1620. The quantitative estimate of drug-likeness (QED) is 0.220. The molecule has 12 heteroatoms. The lowest BCUT2D eigenvalue weighted by atomic mass is 10.1. The Hall–Kier alpha value is -4.84. The molecule has 0 spiro atoms. The predicted molar refractivity (Wildman–Crippen MR) is 147 cm³/mol. The molecular formula is C28H27F2N7O3. The number of nitrogens with zero attached hydrogens (tertiary/aromatic N) is 5. The summed E-state index contributed by atoms with van der Waals surface area (Å²) in [6, 6.07) is 13.3. The summed E-state index contributed by atoms with van der Waals surface area (Å²) in [5, 5.41) is 11.6. The summed E-state index contributed by atoms with van der Waals surface area (Å²) < 4.78 is 47.2. The van der Waals surface area contributed by atoms with Crippen molar-refractivity contribution in [3.8, 4) is 23.0 Å². The van der Waals surface area contributed by atoms with Crippen molar-refractivity contribution in [2.45, 2.75) is 6.54 Å². The number of fused-ring (bicyclic) bond motifs is 1. The summed E-state index contributed by atoms with van der Waals surface area (Å²) in [5.41, 5.74) is 1.71. The highest BCUT2D eigenvalue weighted by Crippen LogP contribution is 2.32. The van der Waals surface area contributed by atoms with Gasteiger partial charge in [0.2, 0.25) is 0 Å². The van der Waals surface area contributed by atoms with Crippen LogP contribution in [-0.2, 0) is 11.3 Å². The van der Waals surface area contributed by atoms with E-state index in [-0.39, 0.29) is 24.5 Å². The van der Waals surface area contributed by atoms with Crippen molar-refractivity contribution in [3.05, 3.63) is 78.1 Å². The highest BCUT2D eigenvalue weighted by molar-refractivity contribution is 5.92. The van der Waals surface area contributed by atoms with E-state index in [1.807, 2.05) is 30.3 Å². The molecule has 206 valence electrons.